The Bertz CT molecular complexity index is 297. The van der Waals surface area contributed by atoms with E-state index in [1.54, 1.807) is 0 Å². The van der Waals surface area contributed by atoms with Crippen LogP contribution >= 0.6 is 0 Å². The van der Waals surface area contributed by atoms with E-state index in [4.69, 9.17) is 15.3 Å². The molecule has 6 nitrogen and oxygen atoms in total. The Labute approximate surface area is 114 Å². The molecule has 110 valence electrons. The summed E-state index contributed by atoms with van der Waals surface area (Å²) < 4.78 is 11.3. The lowest BCUT2D eigenvalue weighted by atomic mass is 10.2. The van der Waals surface area contributed by atoms with E-state index in [0.717, 1.165) is 45.1 Å². The van der Waals surface area contributed by atoms with Gasteiger partial charge in [0.2, 0.25) is 0 Å². The van der Waals surface area contributed by atoms with Crippen LogP contribution in [0.4, 0.5) is 0 Å². The average Bonchev–Trinajstić information content (AvgIpc) is 3.12. The fourth-order valence-corrected chi connectivity index (χ4v) is 2.32. The first-order valence-electron chi connectivity index (χ1n) is 7.11. The lowest BCUT2D eigenvalue weighted by molar-refractivity contribution is -0.132. The molecular weight excluding hydrogens is 246 g/mol. The quantitative estimate of drug-likeness (QED) is 0.279. The maximum Gasteiger partial charge on any atom is 0.263 e. The van der Waals surface area contributed by atoms with E-state index in [0.29, 0.717) is 0 Å². The maximum atomic E-state index is 11.3. The molecule has 3 N–H and O–H groups in total. The number of rotatable bonds is 8. The number of hydrogen-bond acceptors (Lipinski definition) is 5. The Morgan fingerprint density at radius 2 is 2.21 bits per heavy atom. The van der Waals surface area contributed by atoms with E-state index < -0.39 is 0 Å². The van der Waals surface area contributed by atoms with Gasteiger partial charge in [-0.25, -0.2) is 5.84 Å². The fraction of sp³-hybridized carbons (Fsp3) is 0.923. The molecule has 0 aromatic rings. The van der Waals surface area contributed by atoms with Crippen molar-refractivity contribution in [3.05, 3.63) is 0 Å². The van der Waals surface area contributed by atoms with E-state index >= 15 is 0 Å². The summed E-state index contributed by atoms with van der Waals surface area (Å²) in [6.07, 6.45) is 4.06. The first-order chi connectivity index (χ1) is 9.19. The van der Waals surface area contributed by atoms with Gasteiger partial charge in [0, 0.05) is 19.7 Å². The molecular formula is C13H25N3O3. The minimum absolute atomic E-state index is 0.121. The van der Waals surface area contributed by atoms with Gasteiger partial charge < -0.3 is 14.4 Å². The Morgan fingerprint density at radius 1 is 1.42 bits per heavy atom. The molecule has 2 aliphatic rings. The van der Waals surface area contributed by atoms with Gasteiger partial charge in [-0.05, 0) is 38.6 Å². The second-order valence-corrected chi connectivity index (χ2v) is 5.61. The monoisotopic (exact) mass is 271 g/mol. The summed E-state index contributed by atoms with van der Waals surface area (Å²) >= 11 is 0. The molecule has 2 unspecified atom stereocenters. The summed E-state index contributed by atoms with van der Waals surface area (Å²) in [5, 5.41) is 0. The molecule has 0 aromatic heterocycles. The van der Waals surface area contributed by atoms with Crippen molar-refractivity contribution < 1.29 is 14.3 Å². The highest BCUT2D eigenvalue weighted by Crippen LogP contribution is 2.28. The van der Waals surface area contributed by atoms with Crippen molar-refractivity contribution in [1.29, 1.82) is 0 Å². The summed E-state index contributed by atoms with van der Waals surface area (Å²) in [4.78, 5) is 13.5. The smallest absolute Gasteiger partial charge is 0.263 e. The van der Waals surface area contributed by atoms with Crippen molar-refractivity contribution in [2.24, 2.45) is 11.8 Å². The zero-order chi connectivity index (χ0) is 13.7. The zero-order valence-electron chi connectivity index (χ0n) is 11.6. The predicted molar refractivity (Wildman–Crippen MR) is 71.3 cm³/mol. The number of carbonyl (C=O) groups is 1. The summed E-state index contributed by atoms with van der Waals surface area (Å²) in [6, 6.07) is 0. The molecule has 2 fully saturated rings. The minimum atomic E-state index is -0.380. The van der Waals surface area contributed by atoms with Crippen LogP contribution in [0.5, 0.6) is 0 Å². The molecule has 2 atom stereocenters. The topological polar surface area (TPSA) is 76.8 Å². The average molecular weight is 271 g/mol. The van der Waals surface area contributed by atoms with E-state index in [9.17, 15) is 4.79 Å². The molecule has 0 bridgehead atoms. The lowest BCUT2D eigenvalue weighted by Gasteiger charge is -2.21. The van der Waals surface area contributed by atoms with Gasteiger partial charge in [0.1, 0.15) is 6.10 Å². The molecule has 1 amide bonds. The number of hydrazine groups is 1. The molecule has 1 aliphatic carbocycles. The van der Waals surface area contributed by atoms with Gasteiger partial charge in [-0.1, -0.05) is 0 Å². The number of nitrogens with two attached hydrogens (primary N) is 1. The fourth-order valence-electron chi connectivity index (χ4n) is 2.32. The Hall–Kier alpha value is -0.690. The number of nitrogens with one attached hydrogen (secondary N) is 1. The van der Waals surface area contributed by atoms with Gasteiger partial charge in [-0.3, -0.25) is 10.2 Å². The minimum Gasteiger partial charge on any atom is -0.380 e. The van der Waals surface area contributed by atoms with E-state index in [-0.39, 0.29) is 18.1 Å². The van der Waals surface area contributed by atoms with Crippen LogP contribution in [0, 0.1) is 5.92 Å². The highest BCUT2D eigenvalue weighted by molar-refractivity contribution is 5.80. The Kier molecular flexibility index (Phi) is 5.57. The van der Waals surface area contributed by atoms with E-state index in [2.05, 4.69) is 17.4 Å². The van der Waals surface area contributed by atoms with Crippen LogP contribution < -0.4 is 11.3 Å². The standard InChI is InChI=1S/C13H25N3O3/c1-16(6-7-18-9-10-2-3-10)8-11-4-5-12(19-11)13(17)15-14/h10-12H,2-9,14H2,1H3,(H,15,17). The van der Waals surface area contributed by atoms with Crippen LogP contribution in [-0.4, -0.2) is 56.4 Å². The first kappa shape index (κ1) is 14.7. The normalized spacial score (nSPS) is 26.9. The molecule has 19 heavy (non-hydrogen) atoms. The number of hydrogen-bond donors (Lipinski definition) is 2. The predicted octanol–water partition coefficient (Wildman–Crippen LogP) is -0.118. The van der Waals surface area contributed by atoms with Crippen molar-refractivity contribution in [3.63, 3.8) is 0 Å². The molecule has 6 heteroatoms. The van der Waals surface area contributed by atoms with Crippen molar-refractivity contribution in [3.8, 4) is 0 Å². The molecule has 0 radical (unpaired) electrons. The lowest BCUT2D eigenvalue weighted by Crippen LogP contribution is -2.40. The van der Waals surface area contributed by atoms with Crippen LogP contribution in [0.2, 0.25) is 0 Å². The summed E-state index contributed by atoms with van der Waals surface area (Å²) in [7, 11) is 2.06. The molecule has 0 aromatic carbocycles. The van der Waals surface area contributed by atoms with Gasteiger partial charge >= 0.3 is 0 Å². The van der Waals surface area contributed by atoms with Gasteiger partial charge in [0.05, 0.1) is 12.7 Å². The van der Waals surface area contributed by atoms with Crippen LogP contribution in [0.3, 0.4) is 0 Å². The molecule has 1 aliphatic heterocycles. The van der Waals surface area contributed by atoms with E-state index in [1.807, 2.05) is 0 Å². The number of carbonyl (C=O) groups excluding carboxylic acids is 1. The summed E-state index contributed by atoms with van der Waals surface area (Å²) in [6.45, 7) is 3.42. The Morgan fingerprint density at radius 3 is 2.89 bits per heavy atom. The third kappa shape index (κ3) is 5.06. The van der Waals surface area contributed by atoms with Gasteiger partial charge in [-0.15, -0.1) is 0 Å². The number of likely N-dealkylation sites (N-methyl/N-ethyl adjacent to an activating group) is 1. The third-order valence-electron chi connectivity index (χ3n) is 3.73. The number of ether oxygens (including phenoxy) is 2. The first-order valence-corrected chi connectivity index (χ1v) is 7.11. The highest BCUT2D eigenvalue weighted by Gasteiger charge is 2.30. The number of amides is 1. The Balaban J connectivity index is 1.54. The molecule has 1 saturated heterocycles. The molecule has 0 spiro atoms. The van der Waals surface area contributed by atoms with Gasteiger partial charge in [0.15, 0.2) is 0 Å². The molecule has 1 saturated carbocycles. The van der Waals surface area contributed by atoms with E-state index in [1.165, 1.54) is 12.8 Å². The van der Waals surface area contributed by atoms with Crippen LogP contribution in [0.15, 0.2) is 0 Å². The second-order valence-electron chi connectivity index (χ2n) is 5.61. The van der Waals surface area contributed by atoms with Crippen LogP contribution in [0.1, 0.15) is 25.7 Å². The second kappa shape index (κ2) is 7.19. The van der Waals surface area contributed by atoms with Crippen LogP contribution in [0.25, 0.3) is 0 Å². The summed E-state index contributed by atoms with van der Waals surface area (Å²) in [5.41, 5.74) is 2.14. The molecule has 2 rings (SSSR count). The van der Waals surface area contributed by atoms with Crippen molar-refractivity contribution in [2.75, 3.05) is 33.4 Å². The van der Waals surface area contributed by atoms with Gasteiger partial charge in [-0.2, -0.15) is 0 Å². The van der Waals surface area contributed by atoms with Gasteiger partial charge in [0.25, 0.3) is 5.91 Å². The van der Waals surface area contributed by atoms with Crippen LogP contribution in [-0.2, 0) is 14.3 Å². The van der Waals surface area contributed by atoms with Crippen molar-refractivity contribution >= 4 is 5.91 Å². The number of nitrogens with zero attached hydrogens (tertiary/aromatic N) is 1. The zero-order valence-corrected chi connectivity index (χ0v) is 11.6. The molecule has 1 heterocycles. The SMILES string of the molecule is CN(CCOCC1CC1)CC1CCC(C(=O)NN)O1. The largest absolute Gasteiger partial charge is 0.380 e. The van der Waals surface area contributed by atoms with Crippen molar-refractivity contribution in [1.82, 2.24) is 10.3 Å². The maximum absolute atomic E-state index is 11.3. The highest BCUT2D eigenvalue weighted by atomic mass is 16.5. The van der Waals surface area contributed by atoms with Crippen molar-refractivity contribution in [2.45, 2.75) is 37.9 Å². The third-order valence-corrected chi connectivity index (χ3v) is 3.73. The summed E-state index contributed by atoms with van der Waals surface area (Å²) in [5.74, 6) is 5.70.